The lowest BCUT2D eigenvalue weighted by molar-refractivity contribution is 0.666. The van der Waals surface area contributed by atoms with Gasteiger partial charge in [-0.15, -0.1) is 0 Å². The molecule has 0 unspecified atom stereocenters. The first-order chi connectivity index (χ1) is 6.83. The van der Waals surface area contributed by atoms with Gasteiger partial charge in [0.2, 0.25) is 0 Å². The fraction of sp³-hybridized carbons (Fsp3) is 0.571. The zero-order valence-electron chi connectivity index (χ0n) is 9.55. The van der Waals surface area contributed by atoms with E-state index in [-0.39, 0.29) is 0 Å². The first-order valence-corrected chi connectivity index (χ1v) is 5.85. The molecule has 0 heterocycles. The van der Waals surface area contributed by atoms with Crippen LogP contribution in [0.2, 0.25) is 0 Å². The Morgan fingerprint density at radius 1 is 1.00 bits per heavy atom. The summed E-state index contributed by atoms with van der Waals surface area (Å²) in [7, 11) is 0. The predicted octanol–water partition coefficient (Wildman–Crippen LogP) is 4.79. The largest absolute Gasteiger partial charge is 0.0733 e. The topological polar surface area (TPSA) is 0 Å². The van der Waals surface area contributed by atoms with Crippen molar-refractivity contribution in [3.63, 3.8) is 0 Å². The summed E-state index contributed by atoms with van der Waals surface area (Å²) in [5.74, 6) is 0. The zero-order valence-corrected chi connectivity index (χ0v) is 9.55. The molecular weight excluding hydrogens is 168 g/mol. The van der Waals surface area contributed by atoms with Crippen LogP contribution in [-0.2, 0) is 0 Å². The SMILES string of the molecule is CCC1=CC=CC=C(C)CCCCC1. The van der Waals surface area contributed by atoms with Crippen LogP contribution in [0.3, 0.4) is 0 Å². The Labute approximate surface area is 88.4 Å². The summed E-state index contributed by atoms with van der Waals surface area (Å²) in [5.41, 5.74) is 3.10. The average Bonchev–Trinajstić information content (AvgIpc) is 2.23. The summed E-state index contributed by atoms with van der Waals surface area (Å²) in [6.45, 7) is 4.48. The van der Waals surface area contributed by atoms with E-state index in [9.17, 15) is 0 Å². The molecule has 0 N–H and O–H groups in total. The van der Waals surface area contributed by atoms with Gasteiger partial charge < -0.3 is 0 Å². The van der Waals surface area contributed by atoms with Gasteiger partial charge in [-0.25, -0.2) is 0 Å². The molecule has 0 radical (unpaired) electrons. The fourth-order valence-electron chi connectivity index (χ4n) is 1.81. The molecule has 0 heteroatoms. The van der Waals surface area contributed by atoms with Crippen molar-refractivity contribution >= 4 is 0 Å². The highest BCUT2D eigenvalue weighted by atomic mass is 14.0. The van der Waals surface area contributed by atoms with E-state index in [0.29, 0.717) is 0 Å². The van der Waals surface area contributed by atoms with Crippen LogP contribution in [0.15, 0.2) is 35.5 Å². The van der Waals surface area contributed by atoms with Crippen molar-refractivity contribution in [2.45, 2.75) is 52.4 Å². The standard InChI is InChI=1S/C14H22/c1-3-14-11-6-4-5-9-13(2)10-7-8-12-14/h7-8,10,12H,3-6,9,11H2,1-2H3. The normalized spacial score (nSPS) is 19.6. The van der Waals surface area contributed by atoms with Crippen LogP contribution in [0, 0.1) is 0 Å². The minimum absolute atomic E-state index is 1.20. The molecule has 1 aliphatic rings. The molecule has 0 aromatic heterocycles. The summed E-state index contributed by atoms with van der Waals surface area (Å²) in [6.07, 6.45) is 16.8. The minimum Gasteiger partial charge on any atom is -0.0733 e. The summed E-state index contributed by atoms with van der Waals surface area (Å²) >= 11 is 0. The van der Waals surface area contributed by atoms with Crippen molar-refractivity contribution in [1.82, 2.24) is 0 Å². The van der Waals surface area contributed by atoms with Crippen molar-refractivity contribution < 1.29 is 0 Å². The van der Waals surface area contributed by atoms with Crippen LogP contribution in [0.4, 0.5) is 0 Å². The molecule has 0 saturated carbocycles. The lowest BCUT2D eigenvalue weighted by Gasteiger charge is -2.03. The number of hydrogen-bond acceptors (Lipinski definition) is 0. The Kier molecular flexibility index (Phi) is 5.36. The summed E-state index contributed by atoms with van der Waals surface area (Å²) in [5, 5.41) is 0. The lowest BCUT2D eigenvalue weighted by Crippen LogP contribution is -1.83. The van der Waals surface area contributed by atoms with Gasteiger partial charge in [-0.3, -0.25) is 0 Å². The lowest BCUT2D eigenvalue weighted by atomic mass is 10.0. The van der Waals surface area contributed by atoms with Crippen molar-refractivity contribution in [3.05, 3.63) is 35.5 Å². The Hall–Kier alpha value is -0.780. The van der Waals surface area contributed by atoms with Gasteiger partial charge in [-0.2, -0.15) is 0 Å². The molecule has 78 valence electrons. The van der Waals surface area contributed by atoms with Crippen molar-refractivity contribution in [1.29, 1.82) is 0 Å². The minimum atomic E-state index is 1.20. The Morgan fingerprint density at radius 3 is 2.50 bits per heavy atom. The van der Waals surface area contributed by atoms with E-state index < -0.39 is 0 Å². The van der Waals surface area contributed by atoms with Crippen LogP contribution in [-0.4, -0.2) is 0 Å². The molecule has 1 rings (SSSR count). The summed E-state index contributed by atoms with van der Waals surface area (Å²) in [6, 6.07) is 0. The van der Waals surface area contributed by atoms with Crippen molar-refractivity contribution in [2.24, 2.45) is 0 Å². The third-order valence-electron chi connectivity index (χ3n) is 2.85. The molecule has 0 bridgehead atoms. The van der Waals surface area contributed by atoms with Crippen LogP contribution in [0.5, 0.6) is 0 Å². The van der Waals surface area contributed by atoms with Crippen molar-refractivity contribution in [2.75, 3.05) is 0 Å². The van der Waals surface area contributed by atoms with Crippen LogP contribution in [0.1, 0.15) is 52.4 Å². The van der Waals surface area contributed by atoms with Gasteiger partial charge >= 0.3 is 0 Å². The van der Waals surface area contributed by atoms with Crippen LogP contribution in [0.25, 0.3) is 0 Å². The highest BCUT2D eigenvalue weighted by Gasteiger charge is 1.96. The van der Waals surface area contributed by atoms with Gasteiger partial charge in [0.25, 0.3) is 0 Å². The maximum atomic E-state index is 2.29. The molecule has 1 aliphatic carbocycles. The Morgan fingerprint density at radius 2 is 1.71 bits per heavy atom. The highest BCUT2D eigenvalue weighted by molar-refractivity contribution is 5.19. The second kappa shape index (κ2) is 6.64. The third kappa shape index (κ3) is 4.45. The van der Waals surface area contributed by atoms with E-state index in [1.807, 2.05) is 0 Å². The maximum Gasteiger partial charge on any atom is -0.0317 e. The van der Waals surface area contributed by atoms with E-state index in [1.54, 1.807) is 5.57 Å². The molecule has 0 saturated heterocycles. The predicted molar refractivity (Wildman–Crippen MR) is 64.4 cm³/mol. The van der Waals surface area contributed by atoms with Gasteiger partial charge in [0.15, 0.2) is 0 Å². The van der Waals surface area contributed by atoms with E-state index in [0.717, 1.165) is 0 Å². The molecule has 0 atom stereocenters. The van der Waals surface area contributed by atoms with Crippen LogP contribution < -0.4 is 0 Å². The first-order valence-electron chi connectivity index (χ1n) is 5.85. The molecule has 14 heavy (non-hydrogen) atoms. The van der Waals surface area contributed by atoms with Gasteiger partial charge in [0, 0.05) is 0 Å². The quantitative estimate of drug-likeness (QED) is 0.557. The molecule has 0 amide bonds. The van der Waals surface area contributed by atoms with Gasteiger partial charge in [-0.1, -0.05) is 48.8 Å². The van der Waals surface area contributed by atoms with E-state index in [4.69, 9.17) is 0 Å². The second-order valence-corrected chi connectivity index (χ2v) is 4.14. The smallest absolute Gasteiger partial charge is 0.0317 e. The fourth-order valence-corrected chi connectivity index (χ4v) is 1.81. The van der Waals surface area contributed by atoms with E-state index >= 15 is 0 Å². The average molecular weight is 190 g/mol. The van der Waals surface area contributed by atoms with Crippen molar-refractivity contribution in [3.8, 4) is 0 Å². The second-order valence-electron chi connectivity index (χ2n) is 4.14. The first kappa shape index (κ1) is 11.3. The molecule has 0 nitrogen and oxygen atoms in total. The monoisotopic (exact) mass is 190 g/mol. The van der Waals surface area contributed by atoms with E-state index in [2.05, 4.69) is 38.2 Å². The molecular formula is C14H22. The summed E-state index contributed by atoms with van der Waals surface area (Å²) in [4.78, 5) is 0. The molecule has 0 aliphatic heterocycles. The summed E-state index contributed by atoms with van der Waals surface area (Å²) < 4.78 is 0. The van der Waals surface area contributed by atoms with Crippen LogP contribution >= 0.6 is 0 Å². The Balaban J connectivity index is 2.63. The highest BCUT2D eigenvalue weighted by Crippen LogP contribution is 2.16. The molecule has 0 fully saturated rings. The molecule has 0 aromatic rings. The third-order valence-corrected chi connectivity index (χ3v) is 2.85. The van der Waals surface area contributed by atoms with E-state index in [1.165, 1.54) is 44.1 Å². The number of rotatable bonds is 1. The van der Waals surface area contributed by atoms with Gasteiger partial charge in [0.05, 0.1) is 0 Å². The van der Waals surface area contributed by atoms with Gasteiger partial charge in [0.1, 0.15) is 0 Å². The maximum absolute atomic E-state index is 2.29. The number of hydrogen-bond donors (Lipinski definition) is 0. The molecule has 0 aromatic carbocycles. The van der Waals surface area contributed by atoms with Gasteiger partial charge in [-0.05, 0) is 39.0 Å². The Bertz CT molecular complexity index is 241. The zero-order chi connectivity index (χ0) is 10.2. The number of allylic oxidation sites excluding steroid dienone is 6. The molecule has 0 spiro atoms.